The Hall–Kier alpha value is -4.43. The number of likely N-dealkylation sites (N-methyl/N-ethyl adjacent to an activating group) is 1. The first-order chi connectivity index (χ1) is 16.9. The Labute approximate surface area is 203 Å². The Morgan fingerprint density at radius 1 is 1.00 bits per heavy atom. The molecule has 8 nitrogen and oxygen atoms in total. The summed E-state index contributed by atoms with van der Waals surface area (Å²) in [6.45, 7) is 1.93. The maximum atomic E-state index is 13.1. The number of ether oxygens (including phenoxy) is 1. The summed E-state index contributed by atoms with van der Waals surface area (Å²) in [4.78, 5) is 38.6. The largest absolute Gasteiger partial charge is 0.462 e. The van der Waals surface area contributed by atoms with Crippen LogP contribution in [0.25, 0.3) is 11.3 Å². The third-order valence-electron chi connectivity index (χ3n) is 5.66. The maximum Gasteiger partial charge on any atom is 0.338 e. The van der Waals surface area contributed by atoms with Gasteiger partial charge in [0.15, 0.2) is 0 Å². The van der Waals surface area contributed by atoms with E-state index in [0.29, 0.717) is 33.8 Å². The highest BCUT2D eigenvalue weighted by Crippen LogP contribution is 2.38. The average molecular weight is 471 g/mol. The van der Waals surface area contributed by atoms with Gasteiger partial charge in [-0.15, -0.1) is 0 Å². The molecule has 0 fully saturated rings. The van der Waals surface area contributed by atoms with Crippen LogP contribution in [-0.4, -0.2) is 38.0 Å². The van der Waals surface area contributed by atoms with Gasteiger partial charge in [-0.1, -0.05) is 36.4 Å². The lowest BCUT2D eigenvalue weighted by Crippen LogP contribution is -2.32. The minimum Gasteiger partial charge on any atom is -0.462 e. The number of hydrogen-bond donors (Lipinski definition) is 3. The zero-order valence-corrected chi connectivity index (χ0v) is 19.5. The SMILES string of the molecule is CCOC(=O)c1ccc2c(c1)NC(=O)/C2=C(/Nc1ccc(N(C)C(=O)CN)cc1)c1ccccc1. The van der Waals surface area contributed by atoms with Gasteiger partial charge in [-0.3, -0.25) is 9.59 Å². The predicted octanol–water partition coefficient (Wildman–Crippen LogP) is 3.72. The van der Waals surface area contributed by atoms with Gasteiger partial charge in [-0.25, -0.2) is 4.79 Å². The van der Waals surface area contributed by atoms with Gasteiger partial charge in [0, 0.05) is 24.0 Å². The molecule has 0 spiro atoms. The topological polar surface area (TPSA) is 114 Å². The van der Waals surface area contributed by atoms with Crippen molar-refractivity contribution in [1.29, 1.82) is 0 Å². The molecule has 0 aliphatic carbocycles. The molecule has 1 aliphatic rings. The molecule has 4 N–H and O–H groups in total. The average Bonchev–Trinajstić information content (AvgIpc) is 3.22. The number of nitrogens with two attached hydrogens (primary N) is 1. The first-order valence-corrected chi connectivity index (χ1v) is 11.2. The molecule has 0 radical (unpaired) electrons. The van der Waals surface area contributed by atoms with E-state index >= 15 is 0 Å². The van der Waals surface area contributed by atoms with Crippen LogP contribution in [0.1, 0.15) is 28.4 Å². The highest BCUT2D eigenvalue weighted by molar-refractivity contribution is 6.37. The lowest BCUT2D eigenvalue weighted by Gasteiger charge is -2.18. The third-order valence-corrected chi connectivity index (χ3v) is 5.66. The van der Waals surface area contributed by atoms with Gasteiger partial charge in [0.25, 0.3) is 5.91 Å². The number of benzene rings is 3. The Balaban J connectivity index is 1.75. The van der Waals surface area contributed by atoms with E-state index in [1.807, 2.05) is 42.5 Å². The van der Waals surface area contributed by atoms with Crippen molar-refractivity contribution in [3.8, 4) is 0 Å². The van der Waals surface area contributed by atoms with E-state index in [1.54, 1.807) is 44.3 Å². The van der Waals surface area contributed by atoms with Gasteiger partial charge in [0.05, 0.1) is 35.7 Å². The predicted molar refractivity (Wildman–Crippen MR) is 137 cm³/mol. The smallest absolute Gasteiger partial charge is 0.338 e. The summed E-state index contributed by atoms with van der Waals surface area (Å²) in [7, 11) is 1.67. The molecule has 2 amide bonds. The molecule has 0 atom stereocenters. The molecule has 3 aromatic rings. The molecule has 3 aromatic carbocycles. The van der Waals surface area contributed by atoms with Crippen molar-refractivity contribution in [2.24, 2.45) is 5.73 Å². The molecule has 178 valence electrons. The Bertz CT molecular complexity index is 1300. The number of nitrogens with zero attached hydrogens (tertiary/aromatic N) is 1. The van der Waals surface area contributed by atoms with Crippen LogP contribution in [-0.2, 0) is 14.3 Å². The number of fused-ring (bicyclic) bond motifs is 1. The number of nitrogens with one attached hydrogen (secondary N) is 2. The fourth-order valence-corrected chi connectivity index (χ4v) is 3.84. The van der Waals surface area contributed by atoms with Crippen molar-refractivity contribution in [3.05, 3.63) is 89.5 Å². The van der Waals surface area contributed by atoms with Crippen molar-refractivity contribution < 1.29 is 19.1 Å². The second-order valence-corrected chi connectivity index (χ2v) is 7.88. The van der Waals surface area contributed by atoms with Crippen molar-refractivity contribution in [2.45, 2.75) is 6.92 Å². The molecular formula is C27H26N4O4. The second-order valence-electron chi connectivity index (χ2n) is 7.88. The van der Waals surface area contributed by atoms with E-state index in [0.717, 1.165) is 11.3 Å². The number of anilines is 3. The van der Waals surface area contributed by atoms with Crippen LogP contribution in [0.15, 0.2) is 72.8 Å². The van der Waals surface area contributed by atoms with Crippen LogP contribution in [0.5, 0.6) is 0 Å². The minimum atomic E-state index is -0.443. The van der Waals surface area contributed by atoms with E-state index in [4.69, 9.17) is 10.5 Å². The molecule has 35 heavy (non-hydrogen) atoms. The zero-order valence-electron chi connectivity index (χ0n) is 19.5. The fourth-order valence-electron chi connectivity index (χ4n) is 3.84. The zero-order chi connectivity index (χ0) is 24.9. The number of carbonyl (C=O) groups is 3. The molecule has 0 aromatic heterocycles. The summed E-state index contributed by atoms with van der Waals surface area (Å²) in [5, 5.41) is 6.24. The van der Waals surface area contributed by atoms with Gasteiger partial charge in [-0.05, 0) is 48.9 Å². The van der Waals surface area contributed by atoms with E-state index in [9.17, 15) is 14.4 Å². The first-order valence-electron chi connectivity index (χ1n) is 11.2. The lowest BCUT2D eigenvalue weighted by atomic mass is 9.99. The molecule has 0 bridgehead atoms. The molecule has 1 heterocycles. The van der Waals surface area contributed by atoms with Crippen LogP contribution in [0, 0.1) is 0 Å². The Morgan fingerprint density at radius 2 is 1.71 bits per heavy atom. The molecule has 0 unspecified atom stereocenters. The molecule has 4 rings (SSSR count). The van der Waals surface area contributed by atoms with Gasteiger partial charge in [0.2, 0.25) is 5.91 Å². The number of amides is 2. The highest BCUT2D eigenvalue weighted by Gasteiger charge is 2.29. The minimum absolute atomic E-state index is 0.0762. The summed E-state index contributed by atoms with van der Waals surface area (Å²) in [5.41, 5.74) is 10.4. The Kier molecular flexibility index (Phi) is 6.93. The van der Waals surface area contributed by atoms with Crippen molar-refractivity contribution >= 4 is 46.1 Å². The number of rotatable bonds is 7. The van der Waals surface area contributed by atoms with Crippen molar-refractivity contribution in [2.75, 3.05) is 35.7 Å². The first kappa shape index (κ1) is 23.7. The molecule has 8 heteroatoms. The number of carbonyl (C=O) groups excluding carboxylic acids is 3. The molecule has 0 saturated heterocycles. The number of hydrogen-bond acceptors (Lipinski definition) is 6. The normalized spacial score (nSPS) is 13.5. The van der Waals surface area contributed by atoms with Gasteiger partial charge >= 0.3 is 5.97 Å². The monoisotopic (exact) mass is 470 g/mol. The van der Waals surface area contributed by atoms with E-state index < -0.39 is 5.97 Å². The maximum absolute atomic E-state index is 13.1. The van der Waals surface area contributed by atoms with Crippen LogP contribution in [0.4, 0.5) is 17.1 Å². The van der Waals surface area contributed by atoms with E-state index in [2.05, 4.69) is 10.6 Å². The van der Waals surface area contributed by atoms with E-state index in [-0.39, 0.29) is 25.0 Å². The van der Waals surface area contributed by atoms with Crippen molar-refractivity contribution in [3.63, 3.8) is 0 Å². The highest BCUT2D eigenvalue weighted by atomic mass is 16.5. The lowest BCUT2D eigenvalue weighted by molar-refractivity contribution is -0.117. The summed E-state index contributed by atoms with van der Waals surface area (Å²) in [6.07, 6.45) is 0. The summed E-state index contributed by atoms with van der Waals surface area (Å²) in [5.74, 6) is -0.918. The number of esters is 1. The summed E-state index contributed by atoms with van der Waals surface area (Å²) >= 11 is 0. The molecular weight excluding hydrogens is 444 g/mol. The summed E-state index contributed by atoms with van der Waals surface area (Å²) in [6, 6.07) is 21.8. The van der Waals surface area contributed by atoms with Crippen LogP contribution in [0.2, 0.25) is 0 Å². The van der Waals surface area contributed by atoms with E-state index in [1.165, 1.54) is 4.90 Å². The van der Waals surface area contributed by atoms with Crippen LogP contribution < -0.4 is 21.3 Å². The van der Waals surface area contributed by atoms with Crippen LogP contribution in [0.3, 0.4) is 0 Å². The second kappa shape index (κ2) is 10.2. The quantitative estimate of drug-likeness (QED) is 0.358. The van der Waals surface area contributed by atoms with Gasteiger partial charge < -0.3 is 26.0 Å². The fraction of sp³-hybridized carbons (Fsp3) is 0.148. The van der Waals surface area contributed by atoms with Gasteiger partial charge in [-0.2, -0.15) is 0 Å². The third kappa shape index (κ3) is 4.92. The Morgan fingerprint density at radius 3 is 2.37 bits per heavy atom. The standard InChI is InChI=1S/C27H26N4O4/c1-3-35-27(34)18-9-14-21-22(15-18)30-26(33)24(21)25(17-7-5-4-6-8-17)29-19-10-12-20(13-11-19)31(2)23(32)16-28/h4-15,29H,3,16,28H2,1-2H3,(H,30,33)/b25-24+. The van der Waals surface area contributed by atoms with Gasteiger partial charge in [0.1, 0.15) is 0 Å². The summed E-state index contributed by atoms with van der Waals surface area (Å²) < 4.78 is 5.08. The molecule has 0 saturated carbocycles. The van der Waals surface area contributed by atoms with Crippen LogP contribution >= 0.6 is 0 Å². The molecule has 1 aliphatic heterocycles. The van der Waals surface area contributed by atoms with Crippen molar-refractivity contribution in [1.82, 2.24) is 0 Å².